The van der Waals surface area contributed by atoms with Gasteiger partial charge in [0.15, 0.2) is 0 Å². The summed E-state index contributed by atoms with van der Waals surface area (Å²) in [7, 11) is 0. The number of aromatic nitrogens is 2. The van der Waals surface area contributed by atoms with Crippen LogP contribution in [0.1, 0.15) is 11.8 Å². The van der Waals surface area contributed by atoms with Gasteiger partial charge in [-0.05, 0) is 6.42 Å². The maximum atomic E-state index is 4.29. The van der Waals surface area contributed by atoms with E-state index in [1.807, 2.05) is 17.1 Å². The molecule has 0 atom stereocenters. The highest BCUT2D eigenvalue weighted by atomic mass is 32.1. The lowest BCUT2D eigenvalue weighted by molar-refractivity contribution is 1.17. The normalized spacial score (nSPS) is 10.4. The maximum Gasteiger partial charge on any atom is 0.142 e. The average molecular weight is 196 g/mol. The third-order valence-corrected chi connectivity index (χ3v) is 3.30. The van der Waals surface area contributed by atoms with Crippen LogP contribution in [0.2, 0.25) is 0 Å². The van der Waals surface area contributed by atoms with Gasteiger partial charge in [-0.1, -0.05) is 6.92 Å². The number of aryl methyl sites for hydroxylation is 1. The molecule has 0 aliphatic rings. The molecule has 2 aromatic rings. The van der Waals surface area contributed by atoms with Crippen LogP contribution in [-0.4, -0.2) is 9.97 Å². The summed E-state index contributed by atoms with van der Waals surface area (Å²) in [4.78, 5) is 9.81. The Kier molecular flexibility index (Phi) is 2.19. The van der Waals surface area contributed by atoms with Crippen LogP contribution < -0.4 is 0 Å². The van der Waals surface area contributed by atoms with E-state index in [4.69, 9.17) is 0 Å². The van der Waals surface area contributed by atoms with Crippen LogP contribution in [0, 0.1) is 0 Å². The number of thiazole rings is 2. The number of hydrogen-bond donors (Lipinski definition) is 0. The first-order valence-corrected chi connectivity index (χ1v) is 5.49. The third kappa shape index (κ3) is 1.40. The minimum Gasteiger partial charge on any atom is -0.243 e. The van der Waals surface area contributed by atoms with Crippen LogP contribution in [0.4, 0.5) is 0 Å². The third-order valence-electron chi connectivity index (χ3n) is 1.55. The molecular formula is C8H8N2S2. The molecule has 0 unspecified atom stereocenters. The Hall–Kier alpha value is -0.740. The van der Waals surface area contributed by atoms with Crippen molar-refractivity contribution in [3.05, 3.63) is 22.0 Å². The van der Waals surface area contributed by atoms with Crippen molar-refractivity contribution < 1.29 is 0 Å². The molecule has 0 amide bonds. The van der Waals surface area contributed by atoms with Gasteiger partial charge >= 0.3 is 0 Å². The van der Waals surface area contributed by atoms with Crippen molar-refractivity contribution >= 4 is 22.7 Å². The van der Waals surface area contributed by atoms with E-state index < -0.39 is 0 Å². The highest BCUT2D eigenvalue weighted by Gasteiger charge is 2.04. The Balaban J connectivity index is 2.35. The van der Waals surface area contributed by atoms with Gasteiger partial charge in [0, 0.05) is 16.5 Å². The first kappa shape index (κ1) is 7.89. The van der Waals surface area contributed by atoms with Crippen LogP contribution in [0.25, 0.3) is 10.7 Å². The number of nitrogens with zero attached hydrogens (tertiary/aromatic N) is 2. The number of hydrogen-bond acceptors (Lipinski definition) is 4. The molecule has 4 heteroatoms. The summed E-state index contributed by atoms with van der Waals surface area (Å²) in [5.41, 5.74) is 2.84. The van der Waals surface area contributed by atoms with Crippen molar-refractivity contribution in [2.45, 2.75) is 13.3 Å². The van der Waals surface area contributed by atoms with Crippen LogP contribution in [0.15, 0.2) is 17.1 Å². The van der Waals surface area contributed by atoms with E-state index in [2.05, 4.69) is 16.9 Å². The van der Waals surface area contributed by atoms with Gasteiger partial charge in [-0.25, -0.2) is 9.97 Å². The van der Waals surface area contributed by atoms with Gasteiger partial charge in [0.05, 0.1) is 5.51 Å². The highest BCUT2D eigenvalue weighted by molar-refractivity contribution is 7.15. The zero-order chi connectivity index (χ0) is 8.39. The van der Waals surface area contributed by atoms with E-state index in [1.165, 1.54) is 4.88 Å². The van der Waals surface area contributed by atoms with Gasteiger partial charge in [-0.3, -0.25) is 0 Å². The largest absolute Gasteiger partial charge is 0.243 e. The Morgan fingerprint density at radius 3 is 2.92 bits per heavy atom. The molecule has 0 bridgehead atoms. The molecule has 0 saturated heterocycles. The Morgan fingerprint density at radius 2 is 2.33 bits per heavy atom. The van der Waals surface area contributed by atoms with Gasteiger partial charge < -0.3 is 0 Å². The Bertz CT molecular complexity index is 351. The van der Waals surface area contributed by atoms with E-state index in [0.29, 0.717) is 0 Å². The van der Waals surface area contributed by atoms with Crippen LogP contribution >= 0.6 is 22.7 Å². The summed E-state index contributed by atoms with van der Waals surface area (Å²) >= 11 is 3.33. The molecule has 0 fully saturated rings. The van der Waals surface area contributed by atoms with Crippen molar-refractivity contribution in [3.63, 3.8) is 0 Å². The first-order chi connectivity index (χ1) is 5.90. The van der Waals surface area contributed by atoms with Crippen LogP contribution in [-0.2, 0) is 6.42 Å². The second-order valence-corrected chi connectivity index (χ2v) is 4.19. The molecule has 0 aliphatic heterocycles. The lowest BCUT2D eigenvalue weighted by atomic mass is 10.4. The summed E-state index contributed by atoms with van der Waals surface area (Å²) in [5.74, 6) is 0. The average Bonchev–Trinajstić information content (AvgIpc) is 2.75. The van der Waals surface area contributed by atoms with E-state index in [1.54, 1.807) is 22.7 Å². The molecule has 0 aromatic carbocycles. The molecular weight excluding hydrogens is 188 g/mol. The molecule has 0 aliphatic carbocycles. The molecule has 62 valence electrons. The molecule has 2 rings (SSSR count). The fraction of sp³-hybridized carbons (Fsp3) is 0.250. The standard InChI is InChI=1S/C8H8N2S2/c1-2-6-3-9-8(12-6)7-4-11-5-10-7/h3-5H,2H2,1H3. The maximum absolute atomic E-state index is 4.29. The van der Waals surface area contributed by atoms with Gasteiger partial charge in [0.1, 0.15) is 10.7 Å². The SMILES string of the molecule is CCc1cnc(-c2cscn2)s1. The summed E-state index contributed by atoms with van der Waals surface area (Å²) in [6, 6.07) is 0. The van der Waals surface area contributed by atoms with Gasteiger partial charge in [-0.2, -0.15) is 0 Å². The van der Waals surface area contributed by atoms with Crippen molar-refractivity contribution in [2.75, 3.05) is 0 Å². The minimum atomic E-state index is 1.00. The van der Waals surface area contributed by atoms with Crippen molar-refractivity contribution in [2.24, 2.45) is 0 Å². The predicted octanol–water partition coefficient (Wildman–Crippen LogP) is 2.83. The van der Waals surface area contributed by atoms with Crippen molar-refractivity contribution in [3.8, 4) is 10.7 Å². The van der Waals surface area contributed by atoms with Crippen LogP contribution in [0.3, 0.4) is 0 Å². The first-order valence-electron chi connectivity index (χ1n) is 3.73. The fourth-order valence-electron chi connectivity index (χ4n) is 0.908. The highest BCUT2D eigenvalue weighted by Crippen LogP contribution is 2.24. The predicted molar refractivity (Wildman–Crippen MR) is 52.6 cm³/mol. The van der Waals surface area contributed by atoms with E-state index in [0.717, 1.165) is 17.1 Å². The molecule has 2 heterocycles. The van der Waals surface area contributed by atoms with E-state index >= 15 is 0 Å². The molecule has 2 nitrogen and oxygen atoms in total. The minimum absolute atomic E-state index is 1.00. The second-order valence-electron chi connectivity index (χ2n) is 2.36. The molecule has 0 spiro atoms. The van der Waals surface area contributed by atoms with Crippen molar-refractivity contribution in [1.29, 1.82) is 0 Å². The summed E-state index contributed by atoms with van der Waals surface area (Å²) in [6.07, 6.45) is 2.99. The quantitative estimate of drug-likeness (QED) is 0.738. The lowest BCUT2D eigenvalue weighted by Crippen LogP contribution is -1.70. The number of rotatable bonds is 2. The summed E-state index contributed by atoms with van der Waals surface area (Å²) in [5, 5.41) is 3.06. The molecule has 0 N–H and O–H groups in total. The second kappa shape index (κ2) is 3.33. The monoisotopic (exact) mass is 196 g/mol. The topological polar surface area (TPSA) is 25.8 Å². The fourth-order valence-corrected chi connectivity index (χ4v) is 2.34. The zero-order valence-corrected chi connectivity index (χ0v) is 8.28. The smallest absolute Gasteiger partial charge is 0.142 e. The molecule has 0 saturated carbocycles. The van der Waals surface area contributed by atoms with Crippen LogP contribution in [0.5, 0.6) is 0 Å². The van der Waals surface area contributed by atoms with Crippen molar-refractivity contribution in [1.82, 2.24) is 9.97 Å². The van der Waals surface area contributed by atoms with Gasteiger partial charge in [-0.15, -0.1) is 22.7 Å². The van der Waals surface area contributed by atoms with E-state index in [-0.39, 0.29) is 0 Å². The molecule has 12 heavy (non-hydrogen) atoms. The molecule has 0 radical (unpaired) electrons. The molecule has 2 aromatic heterocycles. The summed E-state index contributed by atoms with van der Waals surface area (Å²) in [6.45, 7) is 2.14. The summed E-state index contributed by atoms with van der Waals surface area (Å²) < 4.78 is 0. The van der Waals surface area contributed by atoms with Gasteiger partial charge in [0.25, 0.3) is 0 Å². The lowest BCUT2D eigenvalue weighted by Gasteiger charge is -1.84. The Labute approximate surface area is 78.9 Å². The van der Waals surface area contributed by atoms with E-state index in [9.17, 15) is 0 Å². The Morgan fingerprint density at radius 1 is 1.42 bits per heavy atom. The van der Waals surface area contributed by atoms with Gasteiger partial charge in [0.2, 0.25) is 0 Å². The zero-order valence-electron chi connectivity index (χ0n) is 6.65.